The van der Waals surface area contributed by atoms with E-state index in [-0.39, 0.29) is 43.3 Å². The summed E-state index contributed by atoms with van der Waals surface area (Å²) in [4.78, 5) is 14.8. The molecule has 0 radical (unpaired) electrons. The Kier molecular flexibility index (Phi) is 8.10. The van der Waals surface area contributed by atoms with Gasteiger partial charge in [-0.25, -0.2) is 8.78 Å². The predicted molar refractivity (Wildman–Crippen MR) is 122 cm³/mol. The molecule has 180 valence electrons. The highest BCUT2D eigenvalue weighted by atomic mass is 35.5. The van der Waals surface area contributed by atoms with E-state index in [1.54, 1.807) is 30.3 Å². The van der Waals surface area contributed by atoms with E-state index < -0.39 is 35.2 Å². The number of halogens is 6. The third kappa shape index (κ3) is 5.83. The number of piperidine rings is 1. The summed E-state index contributed by atoms with van der Waals surface area (Å²) in [5.74, 6) is -1.89. The first-order valence-corrected chi connectivity index (χ1v) is 10.6. The molecule has 1 atom stereocenters. The molecule has 0 aromatic heterocycles. The zero-order chi connectivity index (χ0) is 23.6. The molecule has 1 fully saturated rings. The number of carbonyl (C=O) groups excluding carboxylic acids is 1. The molecular formula is C26H23ClF5NO. The average Bonchev–Trinajstić information content (AvgIpc) is 2.78. The molecule has 1 aliphatic rings. The number of likely N-dealkylation sites (tertiary alicyclic amines) is 1. The molecule has 1 saturated heterocycles. The van der Waals surface area contributed by atoms with E-state index in [4.69, 9.17) is 0 Å². The van der Waals surface area contributed by atoms with Crippen LogP contribution in [0.15, 0.2) is 72.8 Å². The molecule has 0 saturated carbocycles. The van der Waals surface area contributed by atoms with Gasteiger partial charge in [0, 0.05) is 37.9 Å². The van der Waals surface area contributed by atoms with Crippen LogP contribution in [0.2, 0.25) is 0 Å². The number of carbonyl (C=O) groups is 1. The number of rotatable bonds is 5. The third-order valence-electron chi connectivity index (χ3n) is 6.12. The van der Waals surface area contributed by atoms with Crippen molar-refractivity contribution in [3.8, 4) is 0 Å². The highest BCUT2D eigenvalue weighted by molar-refractivity contribution is 5.85. The average molecular weight is 496 g/mol. The third-order valence-corrected chi connectivity index (χ3v) is 6.12. The number of benzene rings is 3. The summed E-state index contributed by atoms with van der Waals surface area (Å²) in [5, 5.41) is 0. The van der Waals surface area contributed by atoms with E-state index >= 15 is 0 Å². The summed E-state index contributed by atoms with van der Waals surface area (Å²) in [5.41, 5.74) is 0.850. The van der Waals surface area contributed by atoms with Crippen molar-refractivity contribution in [1.29, 1.82) is 0 Å². The molecule has 8 heteroatoms. The molecule has 1 unspecified atom stereocenters. The van der Waals surface area contributed by atoms with Gasteiger partial charge in [0.2, 0.25) is 0 Å². The van der Waals surface area contributed by atoms with Gasteiger partial charge < -0.3 is 0 Å². The normalized spacial score (nSPS) is 17.0. The van der Waals surface area contributed by atoms with Crippen molar-refractivity contribution < 1.29 is 26.7 Å². The van der Waals surface area contributed by atoms with Crippen LogP contribution in [0.25, 0.3) is 0 Å². The van der Waals surface area contributed by atoms with E-state index in [0.717, 1.165) is 6.07 Å². The van der Waals surface area contributed by atoms with Crippen LogP contribution >= 0.6 is 12.4 Å². The van der Waals surface area contributed by atoms with Crippen molar-refractivity contribution in [2.45, 2.75) is 25.1 Å². The Morgan fingerprint density at radius 3 is 1.91 bits per heavy atom. The van der Waals surface area contributed by atoms with Crippen LogP contribution in [0.5, 0.6) is 0 Å². The number of nitrogens with zero attached hydrogens (tertiary/aromatic N) is 1. The van der Waals surface area contributed by atoms with Crippen LogP contribution in [0.4, 0.5) is 22.0 Å². The lowest BCUT2D eigenvalue weighted by Crippen LogP contribution is -2.43. The highest BCUT2D eigenvalue weighted by Crippen LogP contribution is 2.37. The molecule has 0 spiro atoms. The summed E-state index contributed by atoms with van der Waals surface area (Å²) in [6.07, 6.45) is -4.27. The van der Waals surface area contributed by atoms with Gasteiger partial charge in [0.05, 0.1) is 5.56 Å². The maximum atomic E-state index is 13.5. The summed E-state index contributed by atoms with van der Waals surface area (Å²) >= 11 is 0. The van der Waals surface area contributed by atoms with Crippen molar-refractivity contribution in [2.24, 2.45) is 5.92 Å². The summed E-state index contributed by atoms with van der Waals surface area (Å²) < 4.78 is 67.4. The maximum Gasteiger partial charge on any atom is 0.416 e. The van der Waals surface area contributed by atoms with E-state index in [1.807, 2.05) is 4.90 Å². The molecule has 0 N–H and O–H groups in total. The molecular weight excluding hydrogens is 473 g/mol. The van der Waals surface area contributed by atoms with Gasteiger partial charge >= 0.3 is 6.18 Å². The molecule has 34 heavy (non-hydrogen) atoms. The number of Topliss-reactive ketones (excluding diaryl/α,β-unsaturated/α-hetero) is 1. The number of ketones is 1. The second-order valence-corrected chi connectivity index (χ2v) is 8.29. The minimum Gasteiger partial charge on any atom is -0.299 e. The smallest absolute Gasteiger partial charge is 0.299 e. The molecule has 2 nitrogen and oxygen atoms in total. The Balaban J connectivity index is 0.00000324. The fourth-order valence-electron chi connectivity index (χ4n) is 4.53. The lowest BCUT2D eigenvalue weighted by atomic mass is 9.76. The first-order chi connectivity index (χ1) is 15.7. The van der Waals surface area contributed by atoms with Crippen LogP contribution in [-0.4, -0.2) is 23.8 Å². The molecule has 4 rings (SSSR count). The van der Waals surface area contributed by atoms with Crippen molar-refractivity contribution in [3.05, 3.63) is 107 Å². The zero-order valence-corrected chi connectivity index (χ0v) is 18.9. The van der Waals surface area contributed by atoms with E-state index in [1.165, 1.54) is 36.4 Å². The van der Waals surface area contributed by atoms with Crippen LogP contribution in [0.3, 0.4) is 0 Å². The second kappa shape index (κ2) is 10.7. The molecule has 3 aromatic carbocycles. The number of alkyl halides is 3. The standard InChI is InChI=1S/C26H22F5NO.ClH/c27-20-9-5-17(6-10-20)25(18-7-11-21(28)12-8-18)22-16-32(14-13-24(22)33)15-19-3-1-2-4-23(19)26(29,30)31;/h1-12,22,25H,13-16H2;1H. The lowest BCUT2D eigenvalue weighted by Gasteiger charge is -2.37. The molecule has 3 aromatic rings. The second-order valence-electron chi connectivity index (χ2n) is 8.29. The van der Waals surface area contributed by atoms with Crippen molar-refractivity contribution >= 4 is 18.2 Å². The van der Waals surface area contributed by atoms with Crippen molar-refractivity contribution in [2.75, 3.05) is 13.1 Å². The van der Waals surface area contributed by atoms with Crippen molar-refractivity contribution in [3.63, 3.8) is 0 Å². The summed E-state index contributed by atoms with van der Waals surface area (Å²) in [7, 11) is 0. The van der Waals surface area contributed by atoms with Crippen LogP contribution < -0.4 is 0 Å². The SMILES string of the molecule is Cl.O=C1CCN(Cc2ccccc2C(F)(F)F)CC1C(c1ccc(F)cc1)c1ccc(F)cc1. The maximum absolute atomic E-state index is 13.5. The summed E-state index contributed by atoms with van der Waals surface area (Å²) in [6, 6.07) is 17.0. The molecule has 0 bridgehead atoms. The van der Waals surface area contributed by atoms with Crippen LogP contribution in [0, 0.1) is 17.6 Å². The van der Waals surface area contributed by atoms with Gasteiger partial charge in [0.1, 0.15) is 17.4 Å². The first kappa shape index (κ1) is 25.8. The van der Waals surface area contributed by atoms with E-state index in [2.05, 4.69) is 0 Å². The van der Waals surface area contributed by atoms with Crippen LogP contribution in [0.1, 0.15) is 34.6 Å². The van der Waals surface area contributed by atoms with E-state index in [0.29, 0.717) is 17.7 Å². The molecule has 1 aliphatic heterocycles. The quantitative estimate of drug-likeness (QED) is 0.370. The number of hydrogen-bond acceptors (Lipinski definition) is 2. The molecule has 0 amide bonds. The predicted octanol–water partition coefficient (Wildman–Crippen LogP) is 6.63. The largest absolute Gasteiger partial charge is 0.416 e. The number of hydrogen-bond donors (Lipinski definition) is 0. The molecule has 1 heterocycles. The highest BCUT2D eigenvalue weighted by Gasteiger charge is 2.37. The minimum atomic E-state index is -4.47. The summed E-state index contributed by atoms with van der Waals surface area (Å²) in [6.45, 7) is 0.643. The molecule has 0 aliphatic carbocycles. The Bertz CT molecular complexity index is 1070. The van der Waals surface area contributed by atoms with Gasteiger partial charge in [0.25, 0.3) is 0 Å². The lowest BCUT2D eigenvalue weighted by molar-refractivity contribution is -0.138. The Hall–Kier alpha value is -2.77. The Labute approximate surface area is 200 Å². The van der Waals surface area contributed by atoms with Gasteiger partial charge in [-0.05, 0) is 47.0 Å². The fraction of sp³-hybridized carbons (Fsp3) is 0.269. The van der Waals surface area contributed by atoms with Gasteiger partial charge in [-0.2, -0.15) is 13.2 Å². The Morgan fingerprint density at radius 1 is 0.853 bits per heavy atom. The zero-order valence-electron chi connectivity index (χ0n) is 18.1. The van der Waals surface area contributed by atoms with Gasteiger partial charge in [-0.3, -0.25) is 9.69 Å². The van der Waals surface area contributed by atoms with Gasteiger partial charge in [-0.1, -0.05) is 42.5 Å². The Morgan fingerprint density at radius 2 is 1.38 bits per heavy atom. The first-order valence-electron chi connectivity index (χ1n) is 10.6. The monoisotopic (exact) mass is 495 g/mol. The fourth-order valence-corrected chi connectivity index (χ4v) is 4.53. The van der Waals surface area contributed by atoms with Gasteiger partial charge in [-0.15, -0.1) is 12.4 Å². The van der Waals surface area contributed by atoms with E-state index in [9.17, 15) is 26.7 Å². The topological polar surface area (TPSA) is 20.3 Å². The van der Waals surface area contributed by atoms with Crippen LogP contribution in [-0.2, 0) is 17.5 Å². The van der Waals surface area contributed by atoms with Gasteiger partial charge in [0.15, 0.2) is 0 Å². The minimum absolute atomic E-state index is 0. The van der Waals surface area contributed by atoms with Crippen molar-refractivity contribution in [1.82, 2.24) is 4.90 Å².